The molecule has 0 aliphatic heterocycles. The van der Waals surface area contributed by atoms with Gasteiger partial charge in [-0.15, -0.1) is 13.2 Å². The maximum Gasteiger partial charge on any atom is 0.573 e. The van der Waals surface area contributed by atoms with Crippen LogP contribution in [-0.4, -0.2) is 6.36 Å². The van der Waals surface area contributed by atoms with Crippen molar-refractivity contribution in [3.63, 3.8) is 0 Å². The van der Waals surface area contributed by atoms with Crippen molar-refractivity contribution in [2.24, 2.45) is 11.8 Å². The minimum atomic E-state index is -5.11. The number of halogens is 5. The lowest BCUT2D eigenvalue weighted by Gasteiger charge is -2.36. The third kappa shape index (κ3) is 4.64. The Labute approximate surface area is 144 Å². The largest absolute Gasteiger partial charge is 0.573 e. The van der Waals surface area contributed by atoms with Crippen molar-refractivity contribution >= 4 is 0 Å². The fourth-order valence-electron chi connectivity index (χ4n) is 4.56. The molecule has 2 aliphatic rings. The first-order valence-electron chi connectivity index (χ1n) is 9.08. The van der Waals surface area contributed by atoms with Gasteiger partial charge in [0.15, 0.2) is 11.6 Å². The van der Waals surface area contributed by atoms with E-state index in [2.05, 4.69) is 4.74 Å². The molecule has 25 heavy (non-hydrogen) atoms. The molecular formula is C19H23F5O. The quantitative estimate of drug-likeness (QED) is 0.543. The van der Waals surface area contributed by atoms with Crippen molar-refractivity contribution < 1.29 is 26.7 Å². The summed E-state index contributed by atoms with van der Waals surface area (Å²) in [4.78, 5) is 0. The lowest BCUT2D eigenvalue weighted by molar-refractivity contribution is -0.276. The third-order valence-corrected chi connectivity index (χ3v) is 5.80. The molecule has 0 saturated heterocycles. The predicted molar refractivity (Wildman–Crippen MR) is 84.3 cm³/mol. The highest BCUT2D eigenvalue weighted by molar-refractivity contribution is 5.33. The van der Waals surface area contributed by atoms with Crippen molar-refractivity contribution in [3.05, 3.63) is 29.3 Å². The number of hydrogen-bond donors (Lipinski definition) is 0. The summed E-state index contributed by atoms with van der Waals surface area (Å²) in [5, 5.41) is 0. The van der Waals surface area contributed by atoms with Crippen molar-refractivity contribution in [2.45, 2.75) is 70.1 Å². The molecule has 2 fully saturated rings. The molecule has 0 heterocycles. The molecular weight excluding hydrogens is 339 g/mol. The summed E-state index contributed by atoms with van der Waals surface area (Å²) in [6.07, 6.45) is 5.07. The van der Waals surface area contributed by atoms with Crippen LogP contribution >= 0.6 is 0 Å². The molecule has 2 saturated carbocycles. The van der Waals surface area contributed by atoms with Gasteiger partial charge >= 0.3 is 6.36 Å². The maximum atomic E-state index is 13.9. The third-order valence-electron chi connectivity index (χ3n) is 5.80. The van der Waals surface area contributed by atoms with Crippen LogP contribution in [0.1, 0.15) is 69.3 Å². The maximum absolute atomic E-state index is 13.9. The lowest BCUT2D eigenvalue weighted by Crippen LogP contribution is -2.23. The van der Waals surface area contributed by atoms with E-state index in [0.29, 0.717) is 11.5 Å². The van der Waals surface area contributed by atoms with E-state index in [1.54, 1.807) is 0 Å². The highest BCUT2D eigenvalue weighted by Gasteiger charge is 2.35. The van der Waals surface area contributed by atoms with Crippen molar-refractivity contribution in [1.82, 2.24) is 0 Å². The number of alkyl halides is 3. The van der Waals surface area contributed by atoms with Crippen LogP contribution in [-0.2, 0) is 0 Å². The lowest BCUT2D eigenvalue weighted by atomic mass is 9.70. The summed E-state index contributed by atoms with van der Waals surface area (Å²) in [5.41, 5.74) is 0.437. The van der Waals surface area contributed by atoms with Crippen LogP contribution in [0.3, 0.4) is 0 Å². The van der Waals surface area contributed by atoms with Gasteiger partial charge in [0.25, 0.3) is 0 Å². The molecule has 1 aromatic rings. The molecule has 3 rings (SSSR count). The molecule has 0 radical (unpaired) electrons. The number of hydrogen-bond acceptors (Lipinski definition) is 1. The van der Waals surface area contributed by atoms with E-state index in [4.69, 9.17) is 0 Å². The minimum Gasteiger partial charge on any atom is -0.399 e. The molecule has 0 spiro atoms. The molecule has 0 amide bonds. The molecule has 0 aromatic heterocycles. The molecule has 1 nitrogen and oxygen atoms in total. The highest BCUT2D eigenvalue weighted by atomic mass is 19.4. The van der Waals surface area contributed by atoms with Gasteiger partial charge in [0.1, 0.15) is 0 Å². The zero-order valence-corrected chi connectivity index (χ0v) is 14.0. The molecule has 0 bridgehead atoms. The van der Waals surface area contributed by atoms with E-state index in [1.165, 1.54) is 32.1 Å². The van der Waals surface area contributed by atoms with Gasteiger partial charge < -0.3 is 4.74 Å². The standard InChI is InChI=1S/C19H23F5O/c20-16-10-15(11-17(21)18(16)25-19(22,23)24)14-8-6-13(7-9-14)12-4-2-1-3-5-12/h10-14H,1-9H2. The number of rotatable bonds is 3. The van der Waals surface area contributed by atoms with E-state index in [-0.39, 0.29) is 5.92 Å². The average molecular weight is 362 g/mol. The van der Waals surface area contributed by atoms with E-state index >= 15 is 0 Å². The molecule has 0 unspecified atom stereocenters. The van der Waals surface area contributed by atoms with Crippen LogP contribution in [0.5, 0.6) is 5.75 Å². The van der Waals surface area contributed by atoms with Gasteiger partial charge in [-0.1, -0.05) is 32.1 Å². The fourth-order valence-corrected chi connectivity index (χ4v) is 4.56. The van der Waals surface area contributed by atoms with E-state index in [0.717, 1.165) is 43.7 Å². The first kappa shape index (κ1) is 18.5. The Morgan fingerprint density at radius 3 is 1.80 bits per heavy atom. The van der Waals surface area contributed by atoms with Crippen LogP contribution in [0.4, 0.5) is 22.0 Å². The van der Waals surface area contributed by atoms with Crippen LogP contribution in [0.2, 0.25) is 0 Å². The normalized spacial score (nSPS) is 25.8. The van der Waals surface area contributed by atoms with Gasteiger partial charge in [-0.2, -0.15) is 0 Å². The second kappa shape index (κ2) is 7.50. The summed E-state index contributed by atoms with van der Waals surface area (Å²) in [6, 6.07) is 1.99. The van der Waals surface area contributed by atoms with Gasteiger partial charge in [-0.05, 0) is 61.1 Å². The zero-order valence-electron chi connectivity index (χ0n) is 14.0. The SMILES string of the molecule is Fc1cc(C2CCC(C3CCCCC3)CC2)cc(F)c1OC(F)(F)F. The van der Waals surface area contributed by atoms with Crippen LogP contribution < -0.4 is 4.74 Å². The summed E-state index contributed by atoms with van der Waals surface area (Å²) >= 11 is 0. The fraction of sp³-hybridized carbons (Fsp3) is 0.684. The molecule has 6 heteroatoms. The van der Waals surface area contributed by atoms with Gasteiger partial charge in [-0.25, -0.2) is 8.78 Å². The first-order valence-corrected chi connectivity index (χ1v) is 9.08. The topological polar surface area (TPSA) is 9.23 Å². The molecule has 140 valence electrons. The monoisotopic (exact) mass is 362 g/mol. The highest BCUT2D eigenvalue weighted by Crippen LogP contribution is 2.43. The Hall–Kier alpha value is -1.33. The van der Waals surface area contributed by atoms with Crippen LogP contribution in [0.25, 0.3) is 0 Å². The summed E-state index contributed by atoms with van der Waals surface area (Å²) < 4.78 is 67.9. The van der Waals surface area contributed by atoms with Gasteiger partial charge in [-0.3, -0.25) is 0 Å². The molecule has 2 aliphatic carbocycles. The number of benzene rings is 1. The Balaban J connectivity index is 1.65. The smallest absolute Gasteiger partial charge is 0.399 e. The van der Waals surface area contributed by atoms with Crippen LogP contribution in [0, 0.1) is 23.5 Å². The van der Waals surface area contributed by atoms with Gasteiger partial charge in [0.05, 0.1) is 0 Å². The summed E-state index contributed by atoms with van der Waals surface area (Å²) in [5.74, 6) is -2.50. The first-order chi connectivity index (χ1) is 11.8. The zero-order chi connectivity index (χ0) is 18.0. The second-order valence-corrected chi connectivity index (χ2v) is 7.37. The molecule has 1 aromatic carbocycles. The minimum absolute atomic E-state index is 0.00350. The number of ether oxygens (including phenoxy) is 1. The van der Waals surface area contributed by atoms with E-state index in [9.17, 15) is 22.0 Å². The Morgan fingerprint density at radius 1 is 0.760 bits per heavy atom. The summed E-state index contributed by atoms with van der Waals surface area (Å²) in [7, 11) is 0. The van der Waals surface area contributed by atoms with Crippen LogP contribution in [0.15, 0.2) is 12.1 Å². The van der Waals surface area contributed by atoms with Crippen molar-refractivity contribution in [3.8, 4) is 5.75 Å². The predicted octanol–water partition coefficient (Wildman–Crippen LogP) is 6.72. The summed E-state index contributed by atoms with van der Waals surface area (Å²) in [6.45, 7) is 0. The van der Waals surface area contributed by atoms with Crippen molar-refractivity contribution in [1.29, 1.82) is 0 Å². The molecule has 0 atom stereocenters. The van der Waals surface area contributed by atoms with E-state index < -0.39 is 23.7 Å². The Kier molecular flexibility index (Phi) is 5.54. The van der Waals surface area contributed by atoms with Crippen molar-refractivity contribution in [2.75, 3.05) is 0 Å². The Bertz CT molecular complexity index is 561. The second-order valence-electron chi connectivity index (χ2n) is 7.37. The molecule has 0 N–H and O–H groups in total. The average Bonchev–Trinajstić information content (AvgIpc) is 2.58. The van der Waals surface area contributed by atoms with E-state index in [1.807, 2.05) is 0 Å². The van der Waals surface area contributed by atoms with Gasteiger partial charge in [0.2, 0.25) is 5.75 Å². The van der Waals surface area contributed by atoms with Gasteiger partial charge in [0, 0.05) is 0 Å². The Morgan fingerprint density at radius 2 is 1.28 bits per heavy atom.